The average molecular weight is 262 g/mol. The van der Waals surface area contributed by atoms with E-state index < -0.39 is 0 Å². The molecular weight excluding hydrogens is 248 g/mol. The summed E-state index contributed by atoms with van der Waals surface area (Å²) < 4.78 is 5.79. The maximum atomic E-state index is 5.79. The van der Waals surface area contributed by atoms with E-state index in [1.165, 1.54) is 11.9 Å². The van der Waals surface area contributed by atoms with Gasteiger partial charge in [0.1, 0.15) is 17.8 Å². The highest BCUT2D eigenvalue weighted by Gasteiger charge is 2.00. The van der Waals surface area contributed by atoms with Gasteiger partial charge < -0.3 is 4.74 Å². The molecule has 3 aromatic rings. The summed E-state index contributed by atoms with van der Waals surface area (Å²) in [4.78, 5) is 8.03. The van der Waals surface area contributed by atoms with Gasteiger partial charge in [0.25, 0.3) is 0 Å². The van der Waals surface area contributed by atoms with Crippen LogP contribution in [0.25, 0.3) is 11.1 Å². The lowest BCUT2D eigenvalue weighted by Crippen LogP contribution is -1.85. The molecule has 0 amide bonds. The summed E-state index contributed by atoms with van der Waals surface area (Å²) in [5.41, 5.74) is 3.29. The van der Waals surface area contributed by atoms with Gasteiger partial charge in [-0.3, -0.25) is 0 Å². The number of benzene rings is 2. The van der Waals surface area contributed by atoms with E-state index in [1.807, 2.05) is 48.5 Å². The summed E-state index contributed by atoms with van der Waals surface area (Å²) in [7, 11) is 0. The van der Waals surface area contributed by atoms with Gasteiger partial charge in [-0.25, -0.2) is 9.97 Å². The normalized spacial score (nSPS) is 10.2. The zero-order valence-corrected chi connectivity index (χ0v) is 11.2. The minimum absolute atomic E-state index is 0.814. The standard InChI is InChI=1S/C17H14N2O/c1-13-2-6-16(7-3-13)20-17-8-4-14(5-9-17)15-10-18-12-19-11-15/h2-12H,1H3. The van der Waals surface area contributed by atoms with Crippen LogP contribution in [0.3, 0.4) is 0 Å². The molecule has 3 heteroatoms. The molecule has 0 aliphatic heterocycles. The van der Waals surface area contributed by atoms with E-state index in [0.717, 1.165) is 22.6 Å². The van der Waals surface area contributed by atoms with Gasteiger partial charge in [0.2, 0.25) is 0 Å². The van der Waals surface area contributed by atoms with Crippen LogP contribution in [0.2, 0.25) is 0 Å². The Hall–Kier alpha value is -2.68. The largest absolute Gasteiger partial charge is 0.457 e. The average Bonchev–Trinajstić information content (AvgIpc) is 2.51. The second-order valence-corrected chi connectivity index (χ2v) is 4.57. The van der Waals surface area contributed by atoms with E-state index in [1.54, 1.807) is 12.4 Å². The monoisotopic (exact) mass is 262 g/mol. The zero-order chi connectivity index (χ0) is 13.8. The molecule has 3 rings (SSSR count). The van der Waals surface area contributed by atoms with Crippen LogP contribution in [0.5, 0.6) is 11.5 Å². The quantitative estimate of drug-likeness (QED) is 0.708. The lowest BCUT2D eigenvalue weighted by Gasteiger charge is -2.07. The van der Waals surface area contributed by atoms with Crippen LogP contribution < -0.4 is 4.74 Å². The Labute approximate surface area is 117 Å². The number of rotatable bonds is 3. The van der Waals surface area contributed by atoms with E-state index in [-0.39, 0.29) is 0 Å². The molecule has 0 aliphatic rings. The molecule has 0 fully saturated rings. The fraction of sp³-hybridized carbons (Fsp3) is 0.0588. The molecule has 20 heavy (non-hydrogen) atoms. The molecule has 1 aromatic heterocycles. The summed E-state index contributed by atoms with van der Waals surface area (Å²) in [6, 6.07) is 15.9. The van der Waals surface area contributed by atoms with Gasteiger partial charge in [-0.1, -0.05) is 29.8 Å². The molecule has 0 saturated heterocycles. The van der Waals surface area contributed by atoms with Crippen LogP contribution in [0.1, 0.15) is 5.56 Å². The first-order chi connectivity index (χ1) is 9.81. The van der Waals surface area contributed by atoms with Gasteiger partial charge in [-0.05, 0) is 36.8 Å². The van der Waals surface area contributed by atoms with Crippen LogP contribution in [0.4, 0.5) is 0 Å². The Morgan fingerprint density at radius 1 is 0.700 bits per heavy atom. The van der Waals surface area contributed by atoms with E-state index in [0.29, 0.717) is 0 Å². The minimum atomic E-state index is 0.814. The third-order valence-corrected chi connectivity index (χ3v) is 3.00. The highest BCUT2D eigenvalue weighted by molar-refractivity contribution is 5.62. The molecule has 3 nitrogen and oxygen atoms in total. The van der Waals surface area contributed by atoms with E-state index in [9.17, 15) is 0 Å². The van der Waals surface area contributed by atoms with Crippen molar-refractivity contribution in [3.63, 3.8) is 0 Å². The lowest BCUT2D eigenvalue weighted by molar-refractivity contribution is 0.482. The number of aromatic nitrogens is 2. The number of ether oxygens (including phenoxy) is 1. The molecule has 98 valence electrons. The molecule has 2 aromatic carbocycles. The minimum Gasteiger partial charge on any atom is -0.457 e. The van der Waals surface area contributed by atoms with Crippen LogP contribution in [-0.2, 0) is 0 Å². The molecule has 0 unspecified atom stereocenters. The molecule has 0 N–H and O–H groups in total. The first-order valence-electron chi connectivity index (χ1n) is 6.41. The fourth-order valence-corrected chi connectivity index (χ4v) is 1.91. The van der Waals surface area contributed by atoms with Crippen LogP contribution >= 0.6 is 0 Å². The van der Waals surface area contributed by atoms with Crippen molar-refractivity contribution in [1.29, 1.82) is 0 Å². The van der Waals surface area contributed by atoms with Gasteiger partial charge in [0.05, 0.1) is 0 Å². The smallest absolute Gasteiger partial charge is 0.127 e. The van der Waals surface area contributed by atoms with Crippen molar-refractivity contribution in [3.8, 4) is 22.6 Å². The summed E-state index contributed by atoms with van der Waals surface area (Å²) in [6.45, 7) is 2.06. The summed E-state index contributed by atoms with van der Waals surface area (Å²) >= 11 is 0. The van der Waals surface area contributed by atoms with Gasteiger partial charge in [-0.2, -0.15) is 0 Å². The van der Waals surface area contributed by atoms with Crippen LogP contribution in [0, 0.1) is 6.92 Å². The van der Waals surface area contributed by atoms with Crippen LogP contribution in [-0.4, -0.2) is 9.97 Å². The van der Waals surface area contributed by atoms with Crippen LogP contribution in [0.15, 0.2) is 67.3 Å². The molecule has 0 atom stereocenters. The molecular formula is C17H14N2O. The number of nitrogens with zero attached hydrogens (tertiary/aromatic N) is 2. The summed E-state index contributed by atoms with van der Waals surface area (Å²) in [6.07, 6.45) is 5.12. The third-order valence-electron chi connectivity index (χ3n) is 3.00. The Kier molecular flexibility index (Phi) is 3.42. The highest BCUT2D eigenvalue weighted by Crippen LogP contribution is 2.25. The molecule has 0 aliphatic carbocycles. The Balaban J connectivity index is 1.78. The number of hydrogen-bond acceptors (Lipinski definition) is 3. The Bertz CT molecular complexity index is 676. The third kappa shape index (κ3) is 2.83. The van der Waals surface area contributed by atoms with Gasteiger partial charge >= 0.3 is 0 Å². The van der Waals surface area contributed by atoms with E-state index in [4.69, 9.17) is 4.74 Å². The first kappa shape index (κ1) is 12.4. The predicted octanol–water partition coefficient (Wildman–Crippen LogP) is 4.24. The maximum Gasteiger partial charge on any atom is 0.127 e. The molecule has 0 saturated carbocycles. The van der Waals surface area contributed by atoms with E-state index in [2.05, 4.69) is 16.9 Å². The van der Waals surface area contributed by atoms with Gasteiger partial charge in [0, 0.05) is 18.0 Å². The van der Waals surface area contributed by atoms with Crippen molar-refractivity contribution in [3.05, 3.63) is 72.8 Å². The molecule has 0 spiro atoms. The second-order valence-electron chi connectivity index (χ2n) is 4.57. The fourth-order valence-electron chi connectivity index (χ4n) is 1.91. The number of hydrogen-bond donors (Lipinski definition) is 0. The lowest BCUT2D eigenvalue weighted by atomic mass is 10.1. The maximum absolute atomic E-state index is 5.79. The zero-order valence-electron chi connectivity index (χ0n) is 11.2. The van der Waals surface area contributed by atoms with Crippen molar-refractivity contribution in [1.82, 2.24) is 9.97 Å². The molecule has 1 heterocycles. The van der Waals surface area contributed by atoms with Gasteiger partial charge in [-0.15, -0.1) is 0 Å². The van der Waals surface area contributed by atoms with E-state index >= 15 is 0 Å². The van der Waals surface area contributed by atoms with Crippen molar-refractivity contribution in [2.45, 2.75) is 6.92 Å². The molecule has 0 bridgehead atoms. The number of aryl methyl sites for hydroxylation is 1. The SMILES string of the molecule is Cc1ccc(Oc2ccc(-c3cncnc3)cc2)cc1. The second kappa shape index (κ2) is 5.53. The van der Waals surface area contributed by atoms with Crippen molar-refractivity contribution >= 4 is 0 Å². The first-order valence-corrected chi connectivity index (χ1v) is 6.41. The van der Waals surface area contributed by atoms with Gasteiger partial charge in [0.15, 0.2) is 0 Å². The summed E-state index contributed by atoms with van der Waals surface area (Å²) in [5.74, 6) is 1.65. The Morgan fingerprint density at radius 3 is 1.85 bits per heavy atom. The molecule has 0 radical (unpaired) electrons. The summed E-state index contributed by atoms with van der Waals surface area (Å²) in [5, 5.41) is 0. The van der Waals surface area contributed by atoms with Crippen molar-refractivity contribution in [2.75, 3.05) is 0 Å². The Morgan fingerprint density at radius 2 is 1.25 bits per heavy atom. The van der Waals surface area contributed by atoms with Crippen molar-refractivity contribution < 1.29 is 4.74 Å². The predicted molar refractivity (Wildman–Crippen MR) is 78.7 cm³/mol. The topological polar surface area (TPSA) is 35.0 Å². The van der Waals surface area contributed by atoms with Crippen molar-refractivity contribution in [2.24, 2.45) is 0 Å². The highest BCUT2D eigenvalue weighted by atomic mass is 16.5.